The van der Waals surface area contributed by atoms with Crippen molar-refractivity contribution in [1.29, 1.82) is 0 Å². The number of ether oxygens (including phenoxy) is 1. The molecule has 1 amide bonds. The fourth-order valence-corrected chi connectivity index (χ4v) is 3.99. The van der Waals surface area contributed by atoms with Crippen molar-refractivity contribution in [1.82, 2.24) is 10.2 Å². The lowest BCUT2D eigenvalue weighted by Gasteiger charge is -2.27. The second-order valence-corrected chi connectivity index (χ2v) is 7.09. The highest BCUT2D eigenvalue weighted by molar-refractivity contribution is 5.80. The third kappa shape index (κ3) is 3.97. The maximum Gasteiger partial charge on any atom is 0.225 e. The number of carbonyl (C=O) groups is 1. The average Bonchev–Trinajstić information content (AvgIpc) is 3.20. The molecule has 2 unspecified atom stereocenters. The van der Waals surface area contributed by atoms with Crippen LogP contribution in [0.3, 0.4) is 0 Å². The molecule has 2 aliphatic rings. The van der Waals surface area contributed by atoms with E-state index in [9.17, 15) is 4.79 Å². The normalized spacial score (nSPS) is 27.0. The van der Waals surface area contributed by atoms with E-state index in [1.807, 2.05) is 6.07 Å². The second kappa shape index (κ2) is 8.10. The molecule has 1 aromatic rings. The van der Waals surface area contributed by atoms with E-state index in [2.05, 4.69) is 34.5 Å². The Labute approximate surface area is 144 Å². The molecule has 0 saturated carbocycles. The average molecular weight is 332 g/mol. The number of hydrogen-bond donors (Lipinski definition) is 2. The van der Waals surface area contributed by atoms with Crippen LogP contribution in [0, 0.1) is 11.3 Å². The summed E-state index contributed by atoms with van der Waals surface area (Å²) in [6, 6.07) is 10.4. The van der Waals surface area contributed by atoms with Crippen molar-refractivity contribution in [3.63, 3.8) is 0 Å². The smallest absolute Gasteiger partial charge is 0.225 e. The summed E-state index contributed by atoms with van der Waals surface area (Å²) in [5.41, 5.74) is 1.26. The summed E-state index contributed by atoms with van der Waals surface area (Å²) in [5, 5.41) is 11.9. The summed E-state index contributed by atoms with van der Waals surface area (Å²) in [6.45, 7) is 4.88. The Morgan fingerprint density at radius 3 is 2.88 bits per heavy atom. The van der Waals surface area contributed by atoms with Crippen LogP contribution in [-0.2, 0) is 16.1 Å². The number of rotatable bonds is 7. The number of benzene rings is 1. The molecule has 2 atom stereocenters. The highest BCUT2D eigenvalue weighted by Crippen LogP contribution is 2.43. The lowest BCUT2D eigenvalue weighted by atomic mass is 9.77. The van der Waals surface area contributed by atoms with Crippen LogP contribution >= 0.6 is 0 Å². The minimum absolute atomic E-state index is 0.00200. The molecule has 132 valence electrons. The number of carbonyl (C=O) groups excluding carboxylic acids is 1. The Bertz CT molecular complexity index is 529. The first-order chi connectivity index (χ1) is 11.7. The van der Waals surface area contributed by atoms with Crippen LogP contribution in [-0.4, -0.2) is 55.4 Å². The fraction of sp³-hybridized carbons (Fsp3) is 0.632. The monoisotopic (exact) mass is 332 g/mol. The Morgan fingerprint density at radius 2 is 2.17 bits per heavy atom. The van der Waals surface area contributed by atoms with Gasteiger partial charge in [-0.05, 0) is 24.8 Å². The zero-order valence-corrected chi connectivity index (χ0v) is 14.2. The van der Waals surface area contributed by atoms with E-state index in [0.717, 1.165) is 45.5 Å². The lowest BCUT2D eigenvalue weighted by molar-refractivity contribution is -0.127. The van der Waals surface area contributed by atoms with Crippen molar-refractivity contribution >= 4 is 5.91 Å². The van der Waals surface area contributed by atoms with Gasteiger partial charge in [-0.25, -0.2) is 0 Å². The predicted octanol–water partition coefficient (Wildman–Crippen LogP) is 1.41. The van der Waals surface area contributed by atoms with Crippen LogP contribution in [0.4, 0.5) is 0 Å². The van der Waals surface area contributed by atoms with Crippen LogP contribution in [0.1, 0.15) is 24.8 Å². The summed E-state index contributed by atoms with van der Waals surface area (Å²) in [7, 11) is 0. The molecule has 24 heavy (non-hydrogen) atoms. The Balaban J connectivity index is 1.62. The first kappa shape index (κ1) is 17.4. The zero-order valence-electron chi connectivity index (χ0n) is 14.2. The number of amides is 1. The van der Waals surface area contributed by atoms with Gasteiger partial charge in [0.1, 0.15) is 0 Å². The van der Waals surface area contributed by atoms with Gasteiger partial charge >= 0.3 is 0 Å². The van der Waals surface area contributed by atoms with Crippen molar-refractivity contribution in [2.75, 3.05) is 39.5 Å². The van der Waals surface area contributed by atoms with E-state index in [-0.39, 0.29) is 23.8 Å². The second-order valence-electron chi connectivity index (χ2n) is 7.09. The molecule has 2 aliphatic heterocycles. The summed E-state index contributed by atoms with van der Waals surface area (Å²) in [6.07, 6.45) is 2.53. The van der Waals surface area contributed by atoms with Crippen molar-refractivity contribution in [2.45, 2.75) is 25.8 Å². The summed E-state index contributed by atoms with van der Waals surface area (Å²) >= 11 is 0. The third-order valence-corrected chi connectivity index (χ3v) is 5.30. The summed E-state index contributed by atoms with van der Waals surface area (Å²) < 4.78 is 5.66. The number of nitrogens with one attached hydrogen (secondary N) is 1. The molecule has 1 aromatic carbocycles. The molecule has 0 aromatic heterocycles. The van der Waals surface area contributed by atoms with Gasteiger partial charge in [0, 0.05) is 44.8 Å². The van der Waals surface area contributed by atoms with E-state index < -0.39 is 0 Å². The molecule has 0 radical (unpaired) electrons. The topological polar surface area (TPSA) is 61.8 Å². The van der Waals surface area contributed by atoms with Gasteiger partial charge in [-0.2, -0.15) is 0 Å². The number of unbranched alkanes of at least 4 members (excludes halogenated alkanes) is 1. The summed E-state index contributed by atoms with van der Waals surface area (Å²) in [4.78, 5) is 15.1. The summed E-state index contributed by atoms with van der Waals surface area (Å²) in [5.74, 6) is 0.145. The van der Waals surface area contributed by atoms with Gasteiger partial charge in [0.2, 0.25) is 5.91 Å². The standard InChI is InChI=1S/C19H28N2O3/c22-10-5-4-9-20-18(23)17-13-21(12-16-6-2-1-3-7-16)14-19(17)8-11-24-15-19/h1-3,6-7,17,22H,4-5,8-15H2,(H,20,23). The highest BCUT2D eigenvalue weighted by Gasteiger charge is 2.51. The van der Waals surface area contributed by atoms with E-state index in [4.69, 9.17) is 9.84 Å². The molecule has 2 heterocycles. The SMILES string of the molecule is O=C(NCCCCO)C1CN(Cc2ccccc2)CC12CCOC2. The van der Waals surface area contributed by atoms with Crippen LogP contribution < -0.4 is 5.32 Å². The first-order valence-electron chi connectivity index (χ1n) is 8.96. The molecular weight excluding hydrogens is 304 g/mol. The molecule has 2 N–H and O–H groups in total. The fourth-order valence-electron chi connectivity index (χ4n) is 3.99. The van der Waals surface area contributed by atoms with E-state index >= 15 is 0 Å². The zero-order chi connectivity index (χ0) is 16.8. The van der Waals surface area contributed by atoms with Gasteiger partial charge in [-0.3, -0.25) is 9.69 Å². The van der Waals surface area contributed by atoms with Gasteiger partial charge in [0.15, 0.2) is 0 Å². The molecule has 0 bridgehead atoms. The highest BCUT2D eigenvalue weighted by atomic mass is 16.5. The largest absolute Gasteiger partial charge is 0.396 e. The quantitative estimate of drug-likeness (QED) is 0.741. The van der Waals surface area contributed by atoms with Crippen LogP contribution in [0.5, 0.6) is 0 Å². The van der Waals surface area contributed by atoms with Gasteiger partial charge in [-0.1, -0.05) is 30.3 Å². The Morgan fingerprint density at radius 1 is 1.33 bits per heavy atom. The molecule has 3 rings (SSSR count). The van der Waals surface area contributed by atoms with Gasteiger partial charge in [-0.15, -0.1) is 0 Å². The van der Waals surface area contributed by atoms with E-state index in [1.54, 1.807) is 0 Å². The van der Waals surface area contributed by atoms with Crippen molar-refractivity contribution in [3.8, 4) is 0 Å². The number of likely N-dealkylation sites (tertiary alicyclic amines) is 1. The predicted molar refractivity (Wildman–Crippen MR) is 92.4 cm³/mol. The van der Waals surface area contributed by atoms with E-state index in [0.29, 0.717) is 13.2 Å². The van der Waals surface area contributed by atoms with Crippen LogP contribution in [0.15, 0.2) is 30.3 Å². The van der Waals surface area contributed by atoms with Crippen molar-refractivity contribution in [3.05, 3.63) is 35.9 Å². The molecule has 5 nitrogen and oxygen atoms in total. The van der Waals surface area contributed by atoms with Crippen LogP contribution in [0.25, 0.3) is 0 Å². The lowest BCUT2D eigenvalue weighted by Crippen LogP contribution is -2.42. The third-order valence-electron chi connectivity index (χ3n) is 5.30. The molecule has 2 fully saturated rings. The minimum atomic E-state index is -0.0319. The molecule has 5 heteroatoms. The number of hydrogen-bond acceptors (Lipinski definition) is 4. The van der Waals surface area contributed by atoms with Gasteiger partial charge < -0.3 is 15.2 Å². The maximum atomic E-state index is 12.7. The first-order valence-corrected chi connectivity index (χ1v) is 8.96. The van der Waals surface area contributed by atoms with Gasteiger partial charge in [0.05, 0.1) is 12.5 Å². The Kier molecular flexibility index (Phi) is 5.87. The Hall–Kier alpha value is -1.43. The van der Waals surface area contributed by atoms with Gasteiger partial charge in [0.25, 0.3) is 0 Å². The van der Waals surface area contributed by atoms with Crippen molar-refractivity contribution in [2.24, 2.45) is 11.3 Å². The number of aliphatic hydroxyl groups excluding tert-OH is 1. The maximum absolute atomic E-state index is 12.7. The molecular formula is C19H28N2O3. The molecule has 1 spiro atoms. The number of aliphatic hydroxyl groups is 1. The van der Waals surface area contributed by atoms with Crippen molar-refractivity contribution < 1.29 is 14.6 Å². The van der Waals surface area contributed by atoms with E-state index in [1.165, 1.54) is 5.56 Å². The van der Waals surface area contributed by atoms with Crippen LogP contribution in [0.2, 0.25) is 0 Å². The molecule has 0 aliphatic carbocycles. The molecule has 2 saturated heterocycles. The number of nitrogens with zero attached hydrogens (tertiary/aromatic N) is 1. The minimum Gasteiger partial charge on any atom is -0.396 e.